The minimum Gasteiger partial charge on any atom is -0.494 e. The number of hydrogen-bond acceptors (Lipinski definition) is 6. The number of benzene rings is 1. The number of carbonyl (C=O) groups is 1. The number of fused-ring (bicyclic) bond motifs is 1. The van der Waals surface area contributed by atoms with Gasteiger partial charge in [0, 0.05) is 18.7 Å². The molecule has 2 unspecified atom stereocenters. The normalized spacial score (nSPS) is 19.9. The smallest absolute Gasteiger partial charge is 0.236 e. The van der Waals surface area contributed by atoms with Crippen molar-refractivity contribution in [1.29, 1.82) is 0 Å². The molecule has 0 spiro atoms. The van der Waals surface area contributed by atoms with Gasteiger partial charge in [-0.3, -0.25) is 4.79 Å². The van der Waals surface area contributed by atoms with Crippen molar-refractivity contribution >= 4 is 38.5 Å². The van der Waals surface area contributed by atoms with Gasteiger partial charge in [-0.2, -0.15) is 0 Å². The van der Waals surface area contributed by atoms with Gasteiger partial charge in [-0.25, -0.2) is 13.4 Å². The van der Waals surface area contributed by atoms with E-state index in [9.17, 15) is 13.2 Å². The summed E-state index contributed by atoms with van der Waals surface area (Å²) in [6.45, 7) is 6.74. The summed E-state index contributed by atoms with van der Waals surface area (Å²) in [4.78, 5) is 22.3. The first-order chi connectivity index (χ1) is 12.8. The van der Waals surface area contributed by atoms with Gasteiger partial charge in [0.2, 0.25) is 5.91 Å². The van der Waals surface area contributed by atoms with E-state index in [4.69, 9.17) is 4.74 Å². The van der Waals surface area contributed by atoms with Crippen molar-refractivity contribution in [2.45, 2.75) is 43.6 Å². The number of rotatable bonds is 7. The van der Waals surface area contributed by atoms with Crippen LogP contribution in [-0.2, 0) is 14.6 Å². The number of carbonyl (C=O) groups excluding carboxylic acids is 1. The van der Waals surface area contributed by atoms with Crippen molar-refractivity contribution in [3.63, 3.8) is 0 Å². The molecule has 148 valence electrons. The summed E-state index contributed by atoms with van der Waals surface area (Å²) in [6, 6.07) is 5.42. The average Bonchev–Trinajstić information content (AvgIpc) is 3.17. The SMILES string of the molecule is CCOc1ccc2nc(SC(C)C(=O)N(CC)C3CCS(=O)(=O)C3)[nH]c2c1. The van der Waals surface area contributed by atoms with Crippen molar-refractivity contribution in [1.82, 2.24) is 14.9 Å². The van der Waals surface area contributed by atoms with Crippen molar-refractivity contribution in [2.75, 3.05) is 24.7 Å². The van der Waals surface area contributed by atoms with Gasteiger partial charge in [0.05, 0.1) is 34.4 Å². The first kappa shape index (κ1) is 20.0. The maximum absolute atomic E-state index is 12.9. The van der Waals surface area contributed by atoms with Crippen molar-refractivity contribution < 1.29 is 17.9 Å². The Balaban J connectivity index is 1.70. The topological polar surface area (TPSA) is 92.4 Å². The van der Waals surface area contributed by atoms with Crippen LogP contribution in [0.1, 0.15) is 27.2 Å². The second-order valence-electron chi connectivity index (χ2n) is 6.60. The molecule has 2 aromatic rings. The summed E-state index contributed by atoms with van der Waals surface area (Å²) in [7, 11) is -3.03. The molecule has 1 aliphatic heterocycles. The number of aromatic amines is 1. The third-order valence-electron chi connectivity index (χ3n) is 4.65. The zero-order valence-electron chi connectivity index (χ0n) is 15.8. The second-order valence-corrected chi connectivity index (χ2v) is 10.2. The van der Waals surface area contributed by atoms with Gasteiger partial charge in [0.1, 0.15) is 5.75 Å². The molecule has 2 atom stereocenters. The molecule has 7 nitrogen and oxygen atoms in total. The molecule has 9 heteroatoms. The second kappa shape index (κ2) is 8.10. The Hall–Kier alpha value is -1.74. The van der Waals surface area contributed by atoms with Crippen molar-refractivity contribution in [2.24, 2.45) is 0 Å². The zero-order chi connectivity index (χ0) is 19.6. The van der Waals surface area contributed by atoms with E-state index >= 15 is 0 Å². The zero-order valence-corrected chi connectivity index (χ0v) is 17.4. The highest BCUT2D eigenvalue weighted by Gasteiger charge is 2.35. The molecule has 0 radical (unpaired) electrons. The van der Waals surface area contributed by atoms with Gasteiger partial charge in [-0.15, -0.1) is 0 Å². The molecule has 27 heavy (non-hydrogen) atoms. The maximum atomic E-state index is 12.9. The van der Waals surface area contributed by atoms with Crippen LogP contribution in [0.25, 0.3) is 11.0 Å². The molecule has 1 aromatic heterocycles. The highest BCUT2D eigenvalue weighted by atomic mass is 32.2. The Kier molecular flexibility index (Phi) is 6.00. The molecule has 1 aliphatic rings. The Morgan fingerprint density at radius 3 is 2.85 bits per heavy atom. The van der Waals surface area contributed by atoms with Gasteiger partial charge in [0.15, 0.2) is 15.0 Å². The number of thioether (sulfide) groups is 1. The van der Waals surface area contributed by atoms with E-state index in [1.54, 1.807) is 4.90 Å². The predicted molar refractivity (Wildman–Crippen MR) is 107 cm³/mol. The van der Waals surface area contributed by atoms with E-state index in [-0.39, 0.29) is 28.7 Å². The van der Waals surface area contributed by atoms with Crippen LogP contribution in [0.4, 0.5) is 0 Å². The summed E-state index contributed by atoms with van der Waals surface area (Å²) in [6.07, 6.45) is 0.518. The number of imidazole rings is 1. The van der Waals surface area contributed by atoms with Gasteiger partial charge < -0.3 is 14.6 Å². The Labute approximate surface area is 163 Å². The van der Waals surface area contributed by atoms with Crippen LogP contribution < -0.4 is 4.74 Å². The van der Waals surface area contributed by atoms with E-state index in [1.165, 1.54) is 11.8 Å². The molecule has 1 fully saturated rings. The largest absolute Gasteiger partial charge is 0.494 e. The molecular weight excluding hydrogens is 386 g/mol. The Morgan fingerprint density at radius 2 is 2.22 bits per heavy atom. The average molecular weight is 412 g/mol. The summed E-state index contributed by atoms with van der Waals surface area (Å²) in [5.41, 5.74) is 1.67. The highest BCUT2D eigenvalue weighted by Crippen LogP contribution is 2.28. The van der Waals surface area contributed by atoms with Crippen LogP contribution >= 0.6 is 11.8 Å². The molecule has 1 saturated heterocycles. The fraction of sp³-hybridized carbons (Fsp3) is 0.556. The predicted octanol–water partition coefficient (Wildman–Crippen LogP) is 2.48. The molecule has 3 rings (SSSR count). The summed E-state index contributed by atoms with van der Waals surface area (Å²) >= 11 is 1.35. The van der Waals surface area contributed by atoms with Crippen LogP contribution in [0.5, 0.6) is 5.75 Å². The standard InChI is InChI=1S/C18H25N3O4S2/c1-4-21(13-8-9-27(23,24)11-13)17(22)12(3)26-18-19-15-7-6-14(25-5-2)10-16(15)20-18/h6-7,10,12-13H,4-5,8-9,11H2,1-3H3,(H,19,20). The van der Waals surface area contributed by atoms with Crippen LogP contribution in [-0.4, -0.2) is 65.1 Å². The lowest BCUT2D eigenvalue weighted by atomic mass is 10.2. The van der Waals surface area contributed by atoms with Crippen molar-refractivity contribution in [3.8, 4) is 5.75 Å². The van der Waals surface area contributed by atoms with E-state index < -0.39 is 9.84 Å². The van der Waals surface area contributed by atoms with Crippen LogP contribution in [0.15, 0.2) is 23.4 Å². The highest BCUT2D eigenvalue weighted by molar-refractivity contribution is 8.00. The summed E-state index contributed by atoms with van der Waals surface area (Å²) in [5.74, 6) is 0.942. The third kappa shape index (κ3) is 4.57. The molecule has 1 aromatic carbocycles. The molecule has 2 heterocycles. The fourth-order valence-electron chi connectivity index (χ4n) is 3.34. The number of H-pyrrole nitrogens is 1. The van der Waals surface area contributed by atoms with Gasteiger partial charge >= 0.3 is 0 Å². The Bertz CT molecular complexity index is 926. The molecule has 0 saturated carbocycles. The minimum atomic E-state index is -3.03. The van der Waals surface area contributed by atoms with E-state index in [0.717, 1.165) is 16.8 Å². The van der Waals surface area contributed by atoms with Crippen LogP contribution in [0.2, 0.25) is 0 Å². The van der Waals surface area contributed by atoms with E-state index in [0.29, 0.717) is 24.7 Å². The van der Waals surface area contributed by atoms with Crippen molar-refractivity contribution in [3.05, 3.63) is 18.2 Å². The third-order valence-corrected chi connectivity index (χ3v) is 7.37. The molecular formula is C18H25N3O4S2. The van der Waals surface area contributed by atoms with Gasteiger partial charge in [-0.05, 0) is 39.3 Å². The fourth-order valence-corrected chi connectivity index (χ4v) is 5.97. The van der Waals surface area contributed by atoms with Crippen LogP contribution in [0.3, 0.4) is 0 Å². The van der Waals surface area contributed by atoms with E-state index in [2.05, 4.69) is 9.97 Å². The first-order valence-corrected chi connectivity index (χ1v) is 11.8. The minimum absolute atomic E-state index is 0.0555. The number of sulfone groups is 1. The monoisotopic (exact) mass is 411 g/mol. The molecule has 1 N–H and O–H groups in total. The number of nitrogens with zero attached hydrogens (tertiary/aromatic N) is 2. The summed E-state index contributed by atoms with van der Waals surface area (Å²) < 4.78 is 29.0. The lowest BCUT2D eigenvalue weighted by molar-refractivity contribution is -0.131. The lowest BCUT2D eigenvalue weighted by Crippen LogP contribution is -2.44. The summed E-state index contributed by atoms with van der Waals surface area (Å²) in [5, 5.41) is 0.301. The molecule has 0 aliphatic carbocycles. The van der Waals surface area contributed by atoms with E-state index in [1.807, 2.05) is 39.0 Å². The number of ether oxygens (including phenoxy) is 1. The molecule has 0 bridgehead atoms. The number of amides is 1. The quantitative estimate of drug-likeness (QED) is 0.704. The lowest BCUT2D eigenvalue weighted by Gasteiger charge is -2.29. The maximum Gasteiger partial charge on any atom is 0.236 e. The number of hydrogen-bond donors (Lipinski definition) is 1. The van der Waals surface area contributed by atoms with Gasteiger partial charge in [-0.1, -0.05) is 11.8 Å². The number of nitrogens with one attached hydrogen (secondary N) is 1. The van der Waals surface area contributed by atoms with Crippen LogP contribution in [0, 0.1) is 0 Å². The molecule has 1 amide bonds. The number of aromatic nitrogens is 2. The Morgan fingerprint density at radius 1 is 1.44 bits per heavy atom. The van der Waals surface area contributed by atoms with Gasteiger partial charge in [0.25, 0.3) is 0 Å². The first-order valence-electron chi connectivity index (χ1n) is 9.13.